The van der Waals surface area contributed by atoms with Crippen LogP contribution in [-0.2, 0) is 6.42 Å². The monoisotopic (exact) mass is 243 g/mol. The molecule has 0 aliphatic rings. The maximum Gasteiger partial charge on any atom is 0.178 e. The van der Waals surface area contributed by atoms with Crippen molar-refractivity contribution in [3.63, 3.8) is 0 Å². The van der Waals surface area contributed by atoms with Crippen LogP contribution in [0.1, 0.15) is 24.7 Å². The second-order valence-corrected chi connectivity index (χ2v) is 4.29. The van der Waals surface area contributed by atoms with Gasteiger partial charge in [-0.3, -0.25) is 0 Å². The smallest absolute Gasteiger partial charge is 0.178 e. The average molecular weight is 243 g/mol. The molecule has 1 atom stereocenters. The topological polar surface area (TPSA) is 77.6 Å². The van der Waals surface area contributed by atoms with Crippen molar-refractivity contribution in [1.29, 1.82) is 0 Å². The molecule has 2 aromatic rings. The summed E-state index contributed by atoms with van der Waals surface area (Å²) in [4.78, 5) is 17.0. The highest BCUT2D eigenvalue weighted by Gasteiger charge is 2.08. The Morgan fingerprint density at radius 3 is 2.83 bits per heavy atom. The number of nitrogens with two attached hydrogens (primary N) is 1. The number of nitrogens with zero attached hydrogens (tertiary/aromatic N) is 4. The van der Waals surface area contributed by atoms with Crippen molar-refractivity contribution in [3.05, 3.63) is 36.0 Å². The van der Waals surface area contributed by atoms with Gasteiger partial charge in [0.2, 0.25) is 0 Å². The van der Waals surface area contributed by atoms with Crippen LogP contribution in [-0.4, -0.2) is 26.0 Å². The normalized spacial score (nSPS) is 12.4. The summed E-state index contributed by atoms with van der Waals surface area (Å²) in [5, 5.41) is 0. The third-order valence-electron chi connectivity index (χ3n) is 2.71. The molecule has 0 spiro atoms. The zero-order valence-corrected chi connectivity index (χ0v) is 10.7. The van der Waals surface area contributed by atoms with Gasteiger partial charge in [0.05, 0.1) is 0 Å². The molecule has 18 heavy (non-hydrogen) atoms. The first kappa shape index (κ1) is 12.6. The molecule has 2 aromatic heterocycles. The molecule has 0 aliphatic heterocycles. The molecule has 1 unspecified atom stereocenters. The fourth-order valence-electron chi connectivity index (χ4n) is 1.69. The predicted molar refractivity (Wildman–Crippen MR) is 69.8 cm³/mol. The zero-order chi connectivity index (χ0) is 13.0. The highest BCUT2D eigenvalue weighted by molar-refractivity contribution is 5.48. The van der Waals surface area contributed by atoms with Crippen LogP contribution >= 0.6 is 0 Å². The molecule has 2 rings (SSSR count). The minimum Gasteiger partial charge on any atom is -0.327 e. The van der Waals surface area contributed by atoms with Gasteiger partial charge in [0.25, 0.3) is 0 Å². The summed E-state index contributed by atoms with van der Waals surface area (Å²) in [7, 11) is 0. The zero-order valence-electron chi connectivity index (χ0n) is 10.7. The van der Waals surface area contributed by atoms with E-state index in [0.717, 1.165) is 29.9 Å². The largest absolute Gasteiger partial charge is 0.327 e. The molecule has 0 saturated carbocycles. The maximum atomic E-state index is 5.96. The Balaban J connectivity index is 2.32. The summed E-state index contributed by atoms with van der Waals surface area (Å²) < 4.78 is 0. The Hall–Kier alpha value is -1.88. The van der Waals surface area contributed by atoms with E-state index in [1.807, 2.05) is 13.0 Å². The van der Waals surface area contributed by atoms with E-state index >= 15 is 0 Å². The lowest BCUT2D eigenvalue weighted by Gasteiger charge is -2.09. The lowest BCUT2D eigenvalue weighted by atomic mass is 10.1. The second-order valence-electron chi connectivity index (χ2n) is 4.29. The molecule has 5 nitrogen and oxygen atoms in total. The van der Waals surface area contributed by atoms with Crippen molar-refractivity contribution in [1.82, 2.24) is 19.9 Å². The van der Waals surface area contributed by atoms with E-state index in [1.54, 1.807) is 12.3 Å². The Labute approximate surface area is 107 Å². The third-order valence-corrected chi connectivity index (χ3v) is 2.71. The standard InChI is InChI=1S/C13H17N5/c1-3-10(14)7-11-6-9(2)17-13(18-11)12-4-5-15-8-16-12/h4-6,8,10H,3,7,14H2,1-2H3. The van der Waals surface area contributed by atoms with Gasteiger partial charge in [-0.25, -0.2) is 19.9 Å². The molecule has 0 bridgehead atoms. The van der Waals surface area contributed by atoms with Gasteiger partial charge < -0.3 is 5.73 Å². The molecule has 2 N–H and O–H groups in total. The van der Waals surface area contributed by atoms with Crippen LogP contribution in [0.4, 0.5) is 0 Å². The van der Waals surface area contributed by atoms with Gasteiger partial charge in [0.1, 0.15) is 12.0 Å². The number of rotatable bonds is 4. The summed E-state index contributed by atoms with van der Waals surface area (Å²) in [6.07, 6.45) is 4.88. The molecule has 5 heteroatoms. The molecular formula is C13H17N5. The molecule has 0 radical (unpaired) electrons. The van der Waals surface area contributed by atoms with Crippen LogP contribution in [0.3, 0.4) is 0 Å². The van der Waals surface area contributed by atoms with Crippen molar-refractivity contribution < 1.29 is 0 Å². The maximum absolute atomic E-state index is 5.96. The molecule has 0 aliphatic carbocycles. The van der Waals surface area contributed by atoms with Crippen molar-refractivity contribution in [2.24, 2.45) is 5.73 Å². The number of hydrogen-bond acceptors (Lipinski definition) is 5. The summed E-state index contributed by atoms with van der Waals surface area (Å²) in [6.45, 7) is 4.03. The van der Waals surface area contributed by atoms with Crippen LogP contribution in [0, 0.1) is 6.92 Å². The number of aromatic nitrogens is 4. The lowest BCUT2D eigenvalue weighted by molar-refractivity contribution is 0.635. The molecule has 2 heterocycles. The molecule has 0 aromatic carbocycles. The quantitative estimate of drug-likeness (QED) is 0.881. The first-order valence-corrected chi connectivity index (χ1v) is 6.05. The van der Waals surface area contributed by atoms with Gasteiger partial charge in [0, 0.05) is 30.0 Å². The van der Waals surface area contributed by atoms with E-state index in [9.17, 15) is 0 Å². The summed E-state index contributed by atoms with van der Waals surface area (Å²) in [5.41, 5.74) is 8.59. The van der Waals surface area contributed by atoms with Gasteiger partial charge in [-0.2, -0.15) is 0 Å². The minimum absolute atomic E-state index is 0.137. The first-order chi connectivity index (χ1) is 8.69. The Morgan fingerprint density at radius 2 is 2.17 bits per heavy atom. The van der Waals surface area contributed by atoms with Crippen LogP contribution in [0.15, 0.2) is 24.7 Å². The summed E-state index contributed by atoms with van der Waals surface area (Å²) in [5.74, 6) is 0.635. The first-order valence-electron chi connectivity index (χ1n) is 6.05. The van der Waals surface area contributed by atoms with Crippen molar-refractivity contribution in [2.75, 3.05) is 0 Å². The van der Waals surface area contributed by atoms with Crippen molar-refractivity contribution in [3.8, 4) is 11.5 Å². The Bertz CT molecular complexity index is 512. The van der Waals surface area contributed by atoms with E-state index in [-0.39, 0.29) is 6.04 Å². The van der Waals surface area contributed by atoms with Gasteiger partial charge in [-0.05, 0) is 25.5 Å². The molecule has 0 saturated heterocycles. The Morgan fingerprint density at radius 1 is 1.33 bits per heavy atom. The summed E-state index contributed by atoms with van der Waals surface area (Å²) >= 11 is 0. The van der Waals surface area contributed by atoms with Gasteiger partial charge in [-0.15, -0.1) is 0 Å². The van der Waals surface area contributed by atoms with Crippen LogP contribution in [0.25, 0.3) is 11.5 Å². The van der Waals surface area contributed by atoms with Crippen LogP contribution in [0.5, 0.6) is 0 Å². The van der Waals surface area contributed by atoms with Crippen molar-refractivity contribution in [2.45, 2.75) is 32.7 Å². The summed E-state index contributed by atoms with van der Waals surface area (Å²) in [6, 6.07) is 3.91. The minimum atomic E-state index is 0.137. The third kappa shape index (κ3) is 3.07. The SMILES string of the molecule is CCC(N)Cc1cc(C)nc(-c2ccncn2)n1. The molecule has 94 valence electrons. The average Bonchev–Trinajstić information content (AvgIpc) is 2.39. The molecule has 0 amide bonds. The number of hydrogen-bond donors (Lipinski definition) is 1. The fourth-order valence-corrected chi connectivity index (χ4v) is 1.69. The van der Waals surface area contributed by atoms with E-state index in [4.69, 9.17) is 5.73 Å². The molecular weight excluding hydrogens is 226 g/mol. The van der Waals surface area contributed by atoms with Crippen molar-refractivity contribution >= 4 is 0 Å². The fraction of sp³-hybridized carbons (Fsp3) is 0.385. The lowest BCUT2D eigenvalue weighted by Crippen LogP contribution is -2.22. The van der Waals surface area contributed by atoms with E-state index < -0.39 is 0 Å². The highest BCUT2D eigenvalue weighted by Crippen LogP contribution is 2.13. The molecule has 0 fully saturated rings. The number of aryl methyl sites for hydroxylation is 1. The van der Waals surface area contributed by atoms with E-state index in [0.29, 0.717) is 5.82 Å². The van der Waals surface area contributed by atoms with Gasteiger partial charge in [0.15, 0.2) is 5.82 Å². The van der Waals surface area contributed by atoms with Crippen LogP contribution < -0.4 is 5.73 Å². The highest BCUT2D eigenvalue weighted by atomic mass is 14.9. The van der Waals surface area contributed by atoms with Gasteiger partial charge >= 0.3 is 0 Å². The van der Waals surface area contributed by atoms with Gasteiger partial charge in [-0.1, -0.05) is 6.92 Å². The van der Waals surface area contributed by atoms with E-state index in [2.05, 4.69) is 26.9 Å². The Kier molecular flexibility index (Phi) is 3.94. The second kappa shape index (κ2) is 5.64. The van der Waals surface area contributed by atoms with E-state index in [1.165, 1.54) is 6.33 Å². The van der Waals surface area contributed by atoms with Crippen LogP contribution in [0.2, 0.25) is 0 Å². The predicted octanol–water partition coefficient (Wildman–Crippen LogP) is 1.52.